The molecule has 0 aliphatic carbocycles. The first-order chi connectivity index (χ1) is 15.5. The Morgan fingerprint density at radius 2 is 2.31 bits per heavy atom. The van der Waals surface area contributed by atoms with Gasteiger partial charge in [0.2, 0.25) is 11.5 Å². The first kappa shape index (κ1) is 22.9. The maximum absolute atomic E-state index is 12.8. The molecule has 0 radical (unpaired) electrons. The number of oxime groups is 1. The van der Waals surface area contributed by atoms with E-state index in [1.54, 1.807) is 35.3 Å². The van der Waals surface area contributed by atoms with Gasteiger partial charge in [0.25, 0.3) is 11.8 Å². The number of rotatable bonds is 9. The summed E-state index contributed by atoms with van der Waals surface area (Å²) in [6.07, 6.45) is 1.85. The van der Waals surface area contributed by atoms with Crippen LogP contribution in [0.25, 0.3) is 0 Å². The number of nitrogens with one attached hydrogen (secondary N) is 1. The molecule has 12 nitrogen and oxygen atoms in total. The normalized spacial score (nSPS) is 20.4. The number of hydrogen-bond acceptors (Lipinski definition) is 14. The number of thioether (sulfide) groups is 2. The van der Waals surface area contributed by atoms with E-state index < -0.39 is 11.9 Å². The molecule has 5 N–H and O–H groups in total. The highest BCUT2D eigenvalue weighted by atomic mass is 32.2. The second kappa shape index (κ2) is 10.1. The largest absolute Gasteiger partial charge is 0.395 e. The van der Waals surface area contributed by atoms with Gasteiger partial charge in [0, 0.05) is 35.8 Å². The number of hydrogen-bond donors (Lipinski definition) is 3. The lowest BCUT2D eigenvalue weighted by Gasteiger charge is -2.47. The van der Waals surface area contributed by atoms with Gasteiger partial charge in [-0.1, -0.05) is 28.3 Å². The van der Waals surface area contributed by atoms with Gasteiger partial charge in [-0.05, 0) is 12.5 Å². The zero-order chi connectivity index (χ0) is 22.7. The Balaban J connectivity index is 1.37. The van der Waals surface area contributed by atoms with Crippen LogP contribution in [0.4, 0.5) is 5.13 Å². The molecular formula is C16H19N9O3S4. The van der Waals surface area contributed by atoms with E-state index in [-0.39, 0.29) is 34.6 Å². The van der Waals surface area contributed by atoms with Crippen LogP contribution in [0.1, 0.15) is 17.8 Å². The number of nitrogen functional groups attached to an aromatic ring is 1. The molecule has 0 aromatic carbocycles. The highest BCUT2D eigenvalue weighted by Crippen LogP contribution is 2.37. The van der Waals surface area contributed by atoms with Crippen molar-refractivity contribution in [2.24, 2.45) is 10.9 Å². The van der Waals surface area contributed by atoms with E-state index in [1.165, 1.54) is 11.3 Å². The number of fused-ring (bicyclic) bond motifs is 1. The van der Waals surface area contributed by atoms with E-state index in [1.807, 2.05) is 6.20 Å². The Hall–Kier alpha value is -2.27. The number of carbonyl (C=O) groups is 2. The van der Waals surface area contributed by atoms with Crippen LogP contribution in [0.15, 0.2) is 21.3 Å². The molecule has 32 heavy (non-hydrogen) atoms. The van der Waals surface area contributed by atoms with Gasteiger partial charge in [-0.15, -0.1) is 22.0 Å². The third-order valence-electron chi connectivity index (χ3n) is 4.29. The highest BCUT2D eigenvalue weighted by molar-refractivity contribution is 8.01. The van der Waals surface area contributed by atoms with Gasteiger partial charge in [0.15, 0.2) is 9.47 Å². The molecule has 16 heteroatoms. The summed E-state index contributed by atoms with van der Waals surface area (Å²) in [7, 11) is 0. The molecular weight excluding hydrogens is 495 g/mol. The molecule has 2 aliphatic rings. The molecule has 4 rings (SSSR count). The maximum Gasteiger partial charge on any atom is 0.278 e. The monoisotopic (exact) mass is 513 g/mol. The number of carbonyl (C=O) groups excluding carboxylic acids is 2. The summed E-state index contributed by atoms with van der Waals surface area (Å²) < 4.78 is 4.85. The van der Waals surface area contributed by atoms with Crippen molar-refractivity contribution in [2.45, 2.75) is 29.2 Å². The minimum Gasteiger partial charge on any atom is -0.395 e. The van der Waals surface area contributed by atoms with Crippen LogP contribution in [0.3, 0.4) is 0 Å². The fourth-order valence-corrected chi connectivity index (χ4v) is 6.39. The molecule has 0 saturated carbocycles. The van der Waals surface area contributed by atoms with Crippen LogP contribution >= 0.6 is 46.4 Å². The first-order valence-electron chi connectivity index (χ1n) is 9.39. The fraction of sp³-hybridized carbons (Fsp3) is 0.438. The van der Waals surface area contributed by atoms with Gasteiger partial charge in [0.05, 0.1) is 0 Å². The molecule has 2 aliphatic heterocycles. The predicted molar refractivity (Wildman–Crippen MR) is 124 cm³/mol. The summed E-state index contributed by atoms with van der Waals surface area (Å²) >= 11 is 5.56. The smallest absolute Gasteiger partial charge is 0.278 e. The van der Waals surface area contributed by atoms with Crippen LogP contribution in [0.5, 0.6) is 0 Å². The molecule has 1 unspecified atom stereocenters. The summed E-state index contributed by atoms with van der Waals surface area (Å²) in [5, 5.41) is 15.4. The van der Waals surface area contributed by atoms with Crippen molar-refractivity contribution in [3.63, 3.8) is 0 Å². The molecule has 170 valence electrons. The maximum atomic E-state index is 12.8. The van der Waals surface area contributed by atoms with E-state index in [2.05, 4.69) is 30.0 Å². The number of anilines is 1. The van der Waals surface area contributed by atoms with Crippen molar-refractivity contribution in [1.29, 1.82) is 0 Å². The topological polar surface area (TPSA) is 175 Å². The lowest BCUT2D eigenvalue weighted by molar-refractivity contribution is -0.143. The molecule has 2 aromatic rings. The summed E-state index contributed by atoms with van der Waals surface area (Å²) in [5.74, 6) is 0.711. The predicted octanol–water partition coefficient (Wildman–Crippen LogP) is 0.247. The van der Waals surface area contributed by atoms with Gasteiger partial charge in [-0.25, -0.2) is 0 Å². The van der Waals surface area contributed by atoms with Gasteiger partial charge in [-0.3, -0.25) is 9.59 Å². The van der Waals surface area contributed by atoms with E-state index >= 15 is 0 Å². The van der Waals surface area contributed by atoms with Gasteiger partial charge >= 0.3 is 0 Å². The SMILES string of the molecule is CCON=C(C(=O)NC1C(=O)N2C=C(CSc3nnc(CN)s3)CS[C@H]12)c1nsc(N)n1. The molecule has 2 amide bonds. The number of nitrogens with zero attached hydrogens (tertiary/aromatic N) is 6. The average molecular weight is 514 g/mol. The molecule has 0 spiro atoms. The zero-order valence-electron chi connectivity index (χ0n) is 16.8. The Morgan fingerprint density at radius 3 is 3.00 bits per heavy atom. The van der Waals surface area contributed by atoms with Crippen LogP contribution in [0.2, 0.25) is 0 Å². The Kier molecular flexibility index (Phi) is 7.24. The zero-order valence-corrected chi connectivity index (χ0v) is 20.0. The Labute approximate surface area is 199 Å². The fourth-order valence-electron chi connectivity index (χ4n) is 2.83. The van der Waals surface area contributed by atoms with Crippen LogP contribution < -0.4 is 16.8 Å². The summed E-state index contributed by atoms with van der Waals surface area (Å²) in [6, 6.07) is -0.670. The molecule has 2 aromatic heterocycles. The molecule has 0 bridgehead atoms. The lowest BCUT2D eigenvalue weighted by Crippen LogP contribution is -2.69. The number of β-lactam (4-membered cyclic amide) rings is 1. The second-order valence-corrected chi connectivity index (χ2v) is 10.6. The number of nitrogens with two attached hydrogens (primary N) is 2. The van der Waals surface area contributed by atoms with Crippen molar-refractivity contribution < 1.29 is 14.4 Å². The number of amides is 2. The molecule has 1 saturated heterocycles. The third kappa shape index (κ3) is 4.88. The average Bonchev–Trinajstić information content (AvgIpc) is 3.45. The van der Waals surface area contributed by atoms with Crippen molar-refractivity contribution in [3.05, 3.63) is 22.6 Å². The summed E-state index contributed by atoms with van der Waals surface area (Å²) in [6.45, 7) is 2.37. The first-order valence-corrected chi connectivity index (χ1v) is 13.0. The minimum atomic E-state index is -0.670. The molecule has 2 atom stereocenters. The van der Waals surface area contributed by atoms with E-state index in [9.17, 15) is 9.59 Å². The second-order valence-electron chi connectivity index (χ2n) is 6.45. The van der Waals surface area contributed by atoms with Gasteiger partial charge < -0.3 is 26.5 Å². The molecule has 1 fully saturated rings. The van der Waals surface area contributed by atoms with Crippen molar-refractivity contribution in [3.8, 4) is 0 Å². The van der Waals surface area contributed by atoms with Crippen LogP contribution in [-0.2, 0) is 21.0 Å². The molecule has 4 heterocycles. The van der Waals surface area contributed by atoms with Crippen molar-refractivity contribution in [1.82, 2.24) is 29.8 Å². The van der Waals surface area contributed by atoms with Gasteiger partial charge in [0.1, 0.15) is 23.0 Å². The number of aromatic nitrogens is 4. The minimum absolute atomic E-state index is 0.0621. The van der Waals surface area contributed by atoms with Crippen LogP contribution in [-0.4, -0.2) is 71.5 Å². The van der Waals surface area contributed by atoms with Gasteiger partial charge in [-0.2, -0.15) is 9.36 Å². The summed E-state index contributed by atoms with van der Waals surface area (Å²) in [5.41, 5.74) is 12.2. The van der Waals surface area contributed by atoms with E-state index in [4.69, 9.17) is 16.3 Å². The third-order valence-corrected chi connectivity index (χ3v) is 8.39. The quantitative estimate of drug-likeness (QED) is 0.181. The van der Waals surface area contributed by atoms with Crippen molar-refractivity contribution in [2.75, 3.05) is 23.8 Å². The Morgan fingerprint density at radius 1 is 1.47 bits per heavy atom. The Bertz CT molecular complexity index is 1070. The summed E-state index contributed by atoms with van der Waals surface area (Å²) in [4.78, 5) is 36.1. The van der Waals surface area contributed by atoms with E-state index in [0.29, 0.717) is 12.3 Å². The standard InChI is InChI=1S/C16H19N9O3S4/c1-2-28-23-9(11-20-15(18)32-24-11)12(26)19-10-13(27)25-4-7(5-29-14(10)25)6-30-16-22-21-8(3-17)31-16/h4,10,14H,2-3,5-6,17H2,1H3,(H,19,26)(H2,18,20,24)/t10?,14-/m1/s1. The highest BCUT2D eigenvalue weighted by Gasteiger charge is 2.49. The van der Waals surface area contributed by atoms with E-state index in [0.717, 1.165) is 32.2 Å². The lowest BCUT2D eigenvalue weighted by atomic mass is 10.1. The van der Waals surface area contributed by atoms with Crippen molar-refractivity contribution >= 4 is 69.1 Å². The van der Waals surface area contributed by atoms with Crippen LogP contribution in [0, 0.1) is 0 Å².